The molecule has 4 nitrogen and oxygen atoms in total. The molecule has 3 rings (SSSR count). The fourth-order valence-electron chi connectivity index (χ4n) is 3.05. The van der Waals surface area contributed by atoms with Crippen molar-refractivity contribution in [1.82, 2.24) is 15.1 Å². The van der Waals surface area contributed by atoms with Gasteiger partial charge >= 0.3 is 0 Å². The van der Waals surface area contributed by atoms with Crippen LogP contribution < -0.4 is 5.32 Å². The number of halogens is 2. The molecule has 1 aliphatic rings. The van der Waals surface area contributed by atoms with Crippen LogP contribution in [0.2, 0.25) is 0 Å². The van der Waals surface area contributed by atoms with Crippen LogP contribution in [0, 0.1) is 18.6 Å². The first kappa shape index (κ1) is 16.1. The van der Waals surface area contributed by atoms with Crippen molar-refractivity contribution in [2.75, 3.05) is 13.2 Å². The number of benzene rings is 1. The van der Waals surface area contributed by atoms with Gasteiger partial charge in [-0.25, -0.2) is 13.5 Å². The summed E-state index contributed by atoms with van der Waals surface area (Å²) in [7, 11) is 0. The normalized spacial score (nSPS) is 17.4. The van der Waals surface area contributed by atoms with E-state index in [0.29, 0.717) is 6.04 Å². The third kappa shape index (κ3) is 3.43. The largest absolute Gasteiger partial charge is 0.381 e. The maximum Gasteiger partial charge on any atom is 0.151 e. The Kier molecular flexibility index (Phi) is 4.73. The molecule has 6 heteroatoms. The molecular formula is C17H21F2N3O. The molecule has 0 aliphatic carbocycles. The van der Waals surface area contributed by atoms with Crippen molar-refractivity contribution >= 4 is 0 Å². The number of hydrogen-bond donors (Lipinski definition) is 1. The maximum absolute atomic E-state index is 14.0. The molecule has 0 radical (unpaired) electrons. The van der Waals surface area contributed by atoms with E-state index in [1.54, 1.807) is 6.20 Å². The summed E-state index contributed by atoms with van der Waals surface area (Å²) in [6, 6.07) is 4.05. The molecule has 1 atom stereocenters. The zero-order chi connectivity index (χ0) is 16.4. The first-order chi connectivity index (χ1) is 11.1. The van der Waals surface area contributed by atoms with Crippen LogP contribution in [-0.4, -0.2) is 29.0 Å². The number of ether oxygens (including phenoxy) is 1. The van der Waals surface area contributed by atoms with Crippen molar-refractivity contribution < 1.29 is 13.5 Å². The van der Waals surface area contributed by atoms with Gasteiger partial charge in [0, 0.05) is 42.6 Å². The molecule has 0 spiro atoms. The molecule has 1 aromatic heterocycles. The summed E-state index contributed by atoms with van der Waals surface area (Å²) in [6.07, 6.45) is 3.73. The second-order valence-electron chi connectivity index (χ2n) is 5.97. The van der Waals surface area contributed by atoms with Crippen LogP contribution in [0.15, 0.2) is 24.4 Å². The molecule has 1 N–H and O–H groups in total. The summed E-state index contributed by atoms with van der Waals surface area (Å²) in [5, 5.41) is 7.86. The molecule has 1 saturated heterocycles. The Bertz CT molecular complexity index is 680. The average molecular weight is 321 g/mol. The van der Waals surface area contributed by atoms with Crippen LogP contribution in [0.3, 0.4) is 0 Å². The lowest BCUT2D eigenvalue weighted by Gasteiger charge is -2.26. The van der Waals surface area contributed by atoms with Crippen LogP contribution in [0.4, 0.5) is 8.78 Å². The topological polar surface area (TPSA) is 39.1 Å². The first-order valence-corrected chi connectivity index (χ1v) is 7.90. The van der Waals surface area contributed by atoms with Gasteiger partial charge in [0.25, 0.3) is 0 Å². The van der Waals surface area contributed by atoms with E-state index in [2.05, 4.69) is 17.3 Å². The Balaban J connectivity index is 1.80. The van der Waals surface area contributed by atoms with Gasteiger partial charge < -0.3 is 10.1 Å². The van der Waals surface area contributed by atoms with Gasteiger partial charge in [-0.3, -0.25) is 0 Å². The molecule has 1 aliphatic heterocycles. The van der Waals surface area contributed by atoms with E-state index in [4.69, 9.17) is 4.74 Å². The van der Waals surface area contributed by atoms with Gasteiger partial charge in [0.05, 0.1) is 6.20 Å². The fraction of sp³-hybridized carbons (Fsp3) is 0.471. The Labute approximate surface area is 134 Å². The van der Waals surface area contributed by atoms with E-state index in [1.807, 2.05) is 6.92 Å². The Hall–Kier alpha value is -1.79. The maximum atomic E-state index is 14.0. The van der Waals surface area contributed by atoms with Crippen molar-refractivity contribution in [2.24, 2.45) is 0 Å². The summed E-state index contributed by atoms with van der Waals surface area (Å²) in [6.45, 7) is 5.53. The molecule has 0 amide bonds. The summed E-state index contributed by atoms with van der Waals surface area (Å²) in [4.78, 5) is 0. The van der Waals surface area contributed by atoms with Crippen molar-refractivity contribution in [3.63, 3.8) is 0 Å². The van der Waals surface area contributed by atoms with Crippen LogP contribution in [-0.2, 0) is 4.74 Å². The minimum absolute atomic E-state index is 0.107. The summed E-state index contributed by atoms with van der Waals surface area (Å²) >= 11 is 0. The van der Waals surface area contributed by atoms with Crippen LogP contribution in [0.25, 0.3) is 5.69 Å². The number of rotatable bonds is 4. The molecule has 2 heterocycles. The molecule has 124 valence electrons. The zero-order valence-corrected chi connectivity index (χ0v) is 13.4. The van der Waals surface area contributed by atoms with E-state index in [1.165, 1.54) is 16.8 Å². The van der Waals surface area contributed by atoms with Gasteiger partial charge in [0.1, 0.15) is 11.5 Å². The van der Waals surface area contributed by atoms with E-state index in [-0.39, 0.29) is 11.7 Å². The standard InChI is InChI=1S/C17H21F2N3O/c1-11(21-14-5-7-23-8-6-14)15-10-20-22(12(15)2)17-4-3-13(18)9-16(17)19/h3-4,9-11,14,21H,5-8H2,1-2H3/t11-/m1/s1. The molecular weight excluding hydrogens is 300 g/mol. The zero-order valence-electron chi connectivity index (χ0n) is 13.4. The summed E-state index contributed by atoms with van der Waals surface area (Å²) < 4.78 is 33.9. The van der Waals surface area contributed by atoms with E-state index in [9.17, 15) is 8.78 Å². The lowest BCUT2D eigenvalue weighted by atomic mass is 10.0. The lowest BCUT2D eigenvalue weighted by molar-refractivity contribution is 0.0754. The SMILES string of the molecule is Cc1c([C@@H](C)NC2CCOCC2)cnn1-c1ccc(F)cc1F. The molecule has 23 heavy (non-hydrogen) atoms. The predicted octanol–water partition coefficient (Wildman–Crippen LogP) is 3.29. The molecule has 0 bridgehead atoms. The number of hydrogen-bond acceptors (Lipinski definition) is 3. The van der Waals surface area contributed by atoms with Crippen molar-refractivity contribution in [2.45, 2.75) is 38.8 Å². The van der Waals surface area contributed by atoms with Gasteiger partial charge in [0.15, 0.2) is 5.82 Å². The predicted molar refractivity (Wildman–Crippen MR) is 83.6 cm³/mol. The quantitative estimate of drug-likeness (QED) is 0.939. The summed E-state index contributed by atoms with van der Waals surface area (Å²) in [5.74, 6) is -1.21. The molecule has 1 fully saturated rings. The highest BCUT2D eigenvalue weighted by Gasteiger charge is 2.20. The Morgan fingerprint density at radius 3 is 2.74 bits per heavy atom. The first-order valence-electron chi connectivity index (χ1n) is 7.90. The van der Waals surface area contributed by atoms with Gasteiger partial charge in [-0.1, -0.05) is 0 Å². The lowest BCUT2D eigenvalue weighted by Crippen LogP contribution is -2.36. The Morgan fingerprint density at radius 2 is 2.04 bits per heavy atom. The molecule has 1 aromatic carbocycles. The van der Waals surface area contributed by atoms with Gasteiger partial charge in [-0.05, 0) is 38.8 Å². The minimum atomic E-state index is -0.618. The van der Waals surface area contributed by atoms with Gasteiger partial charge in [-0.15, -0.1) is 0 Å². The number of nitrogens with zero attached hydrogens (tertiary/aromatic N) is 2. The van der Waals surface area contributed by atoms with Crippen LogP contribution in [0.5, 0.6) is 0 Å². The average Bonchev–Trinajstić information content (AvgIpc) is 2.90. The number of nitrogens with one attached hydrogen (secondary N) is 1. The van der Waals surface area contributed by atoms with Gasteiger partial charge in [-0.2, -0.15) is 5.10 Å². The highest BCUT2D eigenvalue weighted by Crippen LogP contribution is 2.23. The third-order valence-electron chi connectivity index (χ3n) is 4.36. The minimum Gasteiger partial charge on any atom is -0.381 e. The molecule has 0 saturated carbocycles. The third-order valence-corrected chi connectivity index (χ3v) is 4.36. The van der Waals surface area contributed by atoms with E-state index < -0.39 is 11.6 Å². The smallest absolute Gasteiger partial charge is 0.151 e. The Morgan fingerprint density at radius 1 is 1.30 bits per heavy atom. The highest BCUT2D eigenvalue weighted by molar-refractivity contribution is 5.37. The second kappa shape index (κ2) is 6.76. The monoisotopic (exact) mass is 321 g/mol. The van der Waals surface area contributed by atoms with Gasteiger partial charge in [0.2, 0.25) is 0 Å². The highest BCUT2D eigenvalue weighted by atomic mass is 19.1. The van der Waals surface area contributed by atoms with E-state index >= 15 is 0 Å². The van der Waals surface area contributed by atoms with Crippen LogP contribution in [0.1, 0.15) is 37.1 Å². The second-order valence-corrected chi connectivity index (χ2v) is 5.97. The van der Waals surface area contributed by atoms with E-state index in [0.717, 1.165) is 43.4 Å². The fourth-order valence-corrected chi connectivity index (χ4v) is 3.05. The molecule has 2 aromatic rings. The van der Waals surface area contributed by atoms with Crippen molar-refractivity contribution in [1.29, 1.82) is 0 Å². The number of aromatic nitrogens is 2. The molecule has 0 unspecified atom stereocenters. The summed E-state index contributed by atoms with van der Waals surface area (Å²) in [5.41, 5.74) is 2.12. The van der Waals surface area contributed by atoms with Crippen molar-refractivity contribution in [3.05, 3.63) is 47.3 Å². The van der Waals surface area contributed by atoms with Crippen LogP contribution >= 0.6 is 0 Å². The van der Waals surface area contributed by atoms with Crippen molar-refractivity contribution in [3.8, 4) is 5.69 Å².